The summed E-state index contributed by atoms with van der Waals surface area (Å²) in [6.45, 7) is 9.67. The molecule has 2 aromatic rings. The normalized spacial score (nSPS) is 15.2. The van der Waals surface area contributed by atoms with Crippen LogP contribution in [0.25, 0.3) is 5.65 Å². The summed E-state index contributed by atoms with van der Waals surface area (Å²) < 4.78 is 1.78. The van der Waals surface area contributed by atoms with Gasteiger partial charge >= 0.3 is 0 Å². The van der Waals surface area contributed by atoms with E-state index >= 15 is 0 Å². The number of rotatable bonds is 5. The van der Waals surface area contributed by atoms with Gasteiger partial charge in [0.05, 0.1) is 11.9 Å². The Hall–Kier alpha value is -1.56. The zero-order valence-electron chi connectivity index (χ0n) is 11.3. The number of likely N-dealkylation sites (N-methyl/N-ethyl adjacent to an activating group) is 1. The van der Waals surface area contributed by atoms with Gasteiger partial charge in [0, 0.05) is 18.2 Å². The van der Waals surface area contributed by atoms with Crippen LogP contribution in [0.1, 0.15) is 39.3 Å². The highest BCUT2D eigenvalue weighted by atomic mass is 15.5. The van der Waals surface area contributed by atoms with E-state index in [2.05, 4.69) is 53.5 Å². The Morgan fingerprint density at radius 3 is 2.72 bits per heavy atom. The van der Waals surface area contributed by atoms with Gasteiger partial charge in [0.25, 0.3) is 0 Å². The molecule has 2 heterocycles. The molecule has 6 nitrogen and oxygen atoms in total. The molecule has 0 bridgehead atoms. The maximum absolute atomic E-state index is 4.24. The Labute approximate surface area is 107 Å². The molecule has 6 heteroatoms. The first-order valence-corrected chi connectivity index (χ1v) is 6.40. The van der Waals surface area contributed by atoms with E-state index in [0.29, 0.717) is 23.5 Å². The van der Waals surface area contributed by atoms with E-state index in [0.717, 1.165) is 12.2 Å². The van der Waals surface area contributed by atoms with E-state index in [4.69, 9.17) is 0 Å². The molecule has 0 saturated carbocycles. The van der Waals surface area contributed by atoms with Crippen molar-refractivity contribution in [2.45, 2.75) is 39.7 Å². The van der Waals surface area contributed by atoms with E-state index in [1.165, 1.54) is 0 Å². The lowest BCUT2D eigenvalue weighted by Crippen LogP contribution is -2.35. The molecule has 2 rings (SSSR count). The summed E-state index contributed by atoms with van der Waals surface area (Å²) in [6.07, 6.45) is 3.54. The number of aromatic nitrogens is 5. The molecule has 0 aromatic carbocycles. The number of nitrogens with one attached hydrogen (secondary N) is 1. The van der Waals surface area contributed by atoms with Gasteiger partial charge in [-0.25, -0.2) is 0 Å². The van der Waals surface area contributed by atoms with Crippen LogP contribution in [0.15, 0.2) is 12.4 Å². The minimum Gasteiger partial charge on any atom is -0.314 e. The fourth-order valence-corrected chi connectivity index (χ4v) is 2.54. The maximum atomic E-state index is 4.24. The Morgan fingerprint density at radius 2 is 2.06 bits per heavy atom. The van der Waals surface area contributed by atoms with Crippen LogP contribution < -0.4 is 5.32 Å². The van der Waals surface area contributed by atoms with Crippen LogP contribution in [0.2, 0.25) is 0 Å². The molecule has 98 valence electrons. The van der Waals surface area contributed by atoms with Gasteiger partial charge in [-0.3, -0.25) is 4.98 Å². The second-order valence-electron chi connectivity index (χ2n) is 4.90. The third-order valence-electron chi connectivity index (χ3n) is 3.26. The van der Waals surface area contributed by atoms with E-state index in [1.54, 1.807) is 10.7 Å². The predicted octanol–water partition coefficient (Wildman–Crippen LogP) is 1.26. The second-order valence-corrected chi connectivity index (χ2v) is 4.90. The number of fused-ring (bicyclic) bond motifs is 1. The first-order valence-electron chi connectivity index (χ1n) is 6.40. The van der Waals surface area contributed by atoms with Gasteiger partial charge in [-0.2, -0.15) is 4.52 Å². The minimum atomic E-state index is 0.324. The Kier molecular flexibility index (Phi) is 3.86. The standard InChI is InChI=1S/C12H20N6/c1-5-14-9(4)12(8(2)3)10-6-13-7-11-15-16-17-18(10)11/h6-9,12,14H,5H2,1-4H3. The van der Waals surface area contributed by atoms with Crippen molar-refractivity contribution in [3.63, 3.8) is 0 Å². The monoisotopic (exact) mass is 248 g/mol. The van der Waals surface area contributed by atoms with Gasteiger partial charge in [0.2, 0.25) is 0 Å². The molecule has 2 aromatic heterocycles. The first kappa shape index (κ1) is 12.9. The largest absolute Gasteiger partial charge is 0.314 e. The highest BCUT2D eigenvalue weighted by Gasteiger charge is 2.25. The molecule has 18 heavy (non-hydrogen) atoms. The summed E-state index contributed by atoms with van der Waals surface area (Å²) in [7, 11) is 0. The SMILES string of the molecule is CCNC(C)C(c1cncc2nnnn12)C(C)C. The van der Waals surface area contributed by atoms with Gasteiger partial charge in [0.1, 0.15) is 0 Å². The van der Waals surface area contributed by atoms with Crippen molar-refractivity contribution in [1.29, 1.82) is 0 Å². The summed E-state index contributed by atoms with van der Waals surface area (Å²) in [5.41, 5.74) is 1.75. The molecule has 0 saturated heterocycles. The Morgan fingerprint density at radius 1 is 1.28 bits per heavy atom. The molecule has 0 aliphatic rings. The molecule has 1 N–H and O–H groups in total. The second kappa shape index (κ2) is 5.39. The zero-order chi connectivity index (χ0) is 13.1. The molecule has 0 fully saturated rings. The molecule has 0 radical (unpaired) electrons. The van der Waals surface area contributed by atoms with Crippen LogP contribution in [0, 0.1) is 5.92 Å². The van der Waals surface area contributed by atoms with Crippen LogP contribution in [-0.2, 0) is 0 Å². The fraction of sp³-hybridized carbons (Fsp3) is 0.667. The lowest BCUT2D eigenvalue weighted by Gasteiger charge is -2.28. The lowest BCUT2D eigenvalue weighted by molar-refractivity contribution is 0.369. The number of hydrogen-bond donors (Lipinski definition) is 1. The van der Waals surface area contributed by atoms with E-state index in [9.17, 15) is 0 Å². The number of nitrogens with zero attached hydrogens (tertiary/aromatic N) is 5. The van der Waals surface area contributed by atoms with Crippen molar-refractivity contribution in [2.75, 3.05) is 6.54 Å². The topological polar surface area (TPSA) is 68.0 Å². The molecule has 0 aliphatic carbocycles. The van der Waals surface area contributed by atoms with Crippen molar-refractivity contribution in [2.24, 2.45) is 5.92 Å². The van der Waals surface area contributed by atoms with Crippen molar-refractivity contribution in [3.8, 4) is 0 Å². The quantitative estimate of drug-likeness (QED) is 0.862. The highest BCUT2D eigenvalue weighted by molar-refractivity contribution is 5.33. The van der Waals surface area contributed by atoms with Crippen LogP contribution in [0.5, 0.6) is 0 Å². The van der Waals surface area contributed by atoms with Crippen LogP contribution in [-0.4, -0.2) is 37.6 Å². The third kappa shape index (κ3) is 2.33. The van der Waals surface area contributed by atoms with Crippen molar-refractivity contribution in [3.05, 3.63) is 18.1 Å². The third-order valence-corrected chi connectivity index (χ3v) is 3.26. The van der Waals surface area contributed by atoms with Crippen LogP contribution in [0.4, 0.5) is 0 Å². The molecular formula is C12H20N6. The smallest absolute Gasteiger partial charge is 0.197 e. The molecular weight excluding hydrogens is 228 g/mol. The summed E-state index contributed by atoms with van der Waals surface area (Å²) in [6, 6.07) is 0.353. The van der Waals surface area contributed by atoms with Crippen molar-refractivity contribution >= 4 is 5.65 Å². The molecule has 2 atom stereocenters. The Balaban J connectivity index is 2.44. The summed E-state index contributed by atoms with van der Waals surface area (Å²) >= 11 is 0. The van der Waals surface area contributed by atoms with Gasteiger partial charge in [-0.15, -0.1) is 5.10 Å². The van der Waals surface area contributed by atoms with Gasteiger partial charge in [-0.1, -0.05) is 20.8 Å². The maximum Gasteiger partial charge on any atom is 0.197 e. The van der Waals surface area contributed by atoms with Crippen LogP contribution in [0.3, 0.4) is 0 Å². The molecule has 0 spiro atoms. The number of tetrazole rings is 1. The zero-order valence-corrected chi connectivity index (χ0v) is 11.3. The first-order chi connectivity index (χ1) is 8.65. The van der Waals surface area contributed by atoms with Gasteiger partial charge in [-0.05, 0) is 29.8 Å². The van der Waals surface area contributed by atoms with E-state index in [-0.39, 0.29) is 0 Å². The summed E-state index contributed by atoms with van der Waals surface area (Å²) in [5.74, 6) is 0.806. The van der Waals surface area contributed by atoms with Crippen LogP contribution >= 0.6 is 0 Å². The van der Waals surface area contributed by atoms with Crippen molar-refractivity contribution in [1.82, 2.24) is 30.3 Å². The van der Waals surface area contributed by atoms with E-state index in [1.807, 2.05) is 6.20 Å². The van der Waals surface area contributed by atoms with Gasteiger partial charge < -0.3 is 5.32 Å². The molecule has 0 amide bonds. The highest BCUT2D eigenvalue weighted by Crippen LogP contribution is 2.27. The predicted molar refractivity (Wildman–Crippen MR) is 69.3 cm³/mol. The van der Waals surface area contributed by atoms with Crippen molar-refractivity contribution < 1.29 is 0 Å². The molecule has 0 aliphatic heterocycles. The minimum absolute atomic E-state index is 0.324. The van der Waals surface area contributed by atoms with E-state index < -0.39 is 0 Å². The Bertz CT molecular complexity index is 506. The van der Waals surface area contributed by atoms with Gasteiger partial charge in [0.15, 0.2) is 5.65 Å². The molecule has 2 unspecified atom stereocenters. The average molecular weight is 248 g/mol. The summed E-state index contributed by atoms with van der Waals surface area (Å²) in [5, 5.41) is 15.2. The average Bonchev–Trinajstić information content (AvgIpc) is 2.78. The fourth-order valence-electron chi connectivity index (χ4n) is 2.54. The lowest BCUT2D eigenvalue weighted by atomic mass is 9.86. The number of hydrogen-bond acceptors (Lipinski definition) is 5. The summed E-state index contributed by atoms with van der Waals surface area (Å²) in [4.78, 5) is 4.24.